The average Bonchev–Trinajstić information content (AvgIpc) is 2.36. The number of hydrogen-bond acceptors (Lipinski definition) is 6. The van der Waals surface area contributed by atoms with Gasteiger partial charge in [-0.25, -0.2) is 14.6 Å². The molecular formula is C12H9ClN4O4. The summed E-state index contributed by atoms with van der Waals surface area (Å²) in [6.45, 7) is 1.61. The molecule has 0 amide bonds. The van der Waals surface area contributed by atoms with Crippen molar-refractivity contribution in [1.29, 1.82) is 0 Å². The zero-order valence-corrected chi connectivity index (χ0v) is 11.4. The molecule has 108 valence electrons. The Labute approximate surface area is 123 Å². The lowest BCUT2D eigenvalue weighted by atomic mass is 10.1. The minimum Gasteiger partial charge on any atom is -0.478 e. The van der Waals surface area contributed by atoms with E-state index in [1.807, 2.05) is 0 Å². The zero-order valence-electron chi connectivity index (χ0n) is 10.7. The Balaban J connectivity index is 2.43. The Morgan fingerprint density at radius 3 is 2.10 bits per heavy atom. The molecule has 2 rings (SSSR count). The molecule has 0 aliphatic heterocycles. The van der Waals surface area contributed by atoms with Gasteiger partial charge in [-0.05, 0) is 36.7 Å². The van der Waals surface area contributed by atoms with E-state index < -0.39 is 11.9 Å². The van der Waals surface area contributed by atoms with E-state index >= 15 is 0 Å². The van der Waals surface area contributed by atoms with Gasteiger partial charge in [0.2, 0.25) is 11.2 Å². The molecule has 2 aromatic rings. The fourth-order valence-electron chi connectivity index (χ4n) is 1.58. The monoisotopic (exact) mass is 308 g/mol. The number of benzene rings is 1. The quantitative estimate of drug-likeness (QED) is 0.782. The molecule has 1 aromatic carbocycles. The van der Waals surface area contributed by atoms with Crippen molar-refractivity contribution >= 4 is 35.2 Å². The molecule has 8 nitrogen and oxygen atoms in total. The van der Waals surface area contributed by atoms with E-state index in [4.69, 9.17) is 21.8 Å². The third-order valence-electron chi connectivity index (χ3n) is 2.40. The maximum Gasteiger partial charge on any atom is 0.335 e. The zero-order chi connectivity index (χ0) is 15.6. The van der Waals surface area contributed by atoms with Gasteiger partial charge in [0.25, 0.3) is 0 Å². The fraction of sp³-hybridized carbons (Fsp3) is 0.0833. The van der Waals surface area contributed by atoms with E-state index in [1.54, 1.807) is 6.92 Å². The molecule has 9 heteroatoms. The highest BCUT2D eigenvalue weighted by molar-refractivity contribution is 6.28. The van der Waals surface area contributed by atoms with E-state index in [0.29, 0.717) is 5.82 Å². The van der Waals surface area contributed by atoms with E-state index in [-0.39, 0.29) is 28.0 Å². The third-order valence-corrected chi connectivity index (χ3v) is 2.57. The molecule has 0 unspecified atom stereocenters. The van der Waals surface area contributed by atoms with Gasteiger partial charge in [-0.3, -0.25) is 0 Å². The van der Waals surface area contributed by atoms with Gasteiger partial charge in [0.1, 0.15) is 5.82 Å². The minimum absolute atomic E-state index is 0.0298. The van der Waals surface area contributed by atoms with Crippen LogP contribution in [0, 0.1) is 6.92 Å². The molecule has 1 heterocycles. The molecule has 21 heavy (non-hydrogen) atoms. The molecule has 0 saturated heterocycles. The molecule has 0 aliphatic carbocycles. The predicted molar refractivity (Wildman–Crippen MR) is 73.2 cm³/mol. The predicted octanol–water partition coefficient (Wildman–Crippen LogP) is 1.97. The number of rotatable bonds is 4. The first-order valence-electron chi connectivity index (χ1n) is 5.62. The number of nitrogens with zero attached hydrogens (tertiary/aromatic N) is 3. The minimum atomic E-state index is -1.24. The van der Waals surface area contributed by atoms with Crippen LogP contribution in [-0.4, -0.2) is 37.1 Å². The Morgan fingerprint density at radius 1 is 1.05 bits per heavy atom. The lowest BCUT2D eigenvalue weighted by Gasteiger charge is -2.08. The van der Waals surface area contributed by atoms with Crippen LogP contribution < -0.4 is 5.32 Å². The van der Waals surface area contributed by atoms with Gasteiger partial charge in [0.05, 0.1) is 11.1 Å². The second-order valence-electron chi connectivity index (χ2n) is 4.01. The molecule has 0 bridgehead atoms. The van der Waals surface area contributed by atoms with Crippen molar-refractivity contribution in [2.75, 3.05) is 5.32 Å². The van der Waals surface area contributed by atoms with E-state index in [2.05, 4.69) is 20.3 Å². The molecule has 0 spiro atoms. The molecule has 0 atom stereocenters. The van der Waals surface area contributed by atoms with Gasteiger partial charge in [-0.2, -0.15) is 9.97 Å². The fourth-order valence-corrected chi connectivity index (χ4v) is 1.78. The number of halogens is 1. The third kappa shape index (κ3) is 3.63. The lowest BCUT2D eigenvalue weighted by molar-refractivity contribution is 0.0696. The van der Waals surface area contributed by atoms with Crippen LogP contribution in [0.1, 0.15) is 26.5 Å². The van der Waals surface area contributed by atoms with E-state index in [0.717, 1.165) is 6.07 Å². The van der Waals surface area contributed by atoms with Gasteiger partial charge in [-0.1, -0.05) is 0 Å². The van der Waals surface area contributed by atoms with Crippen molar-refractivity contribution in [2.45, 2.75) is 6.92 Å². The first kappa shape index (κ1) is 14.7. The second-order valence-corrected chi connectivity index (χ2v) is 4.35. The summed E-state index contributed by atoms with van der Waals surface area (Å²) < 4.78 is 0. The number of carboxylic acids is 2. The van der Waals surface area contributed by atoms with Crippen LogP contribution in [-0.2, 0) is 0 Å². The SMILES string of the molecule is Cc1nc(Cl)nc(Nc2cc(C(=O)O)cc(C(=O)O)c2)n1. The summed E-state index contributed by atoms with van der Waals surface area (Å²) in [6, 6.07) is 3.59. The first-order valence-corrected chi connectivity index (χ1v) is 6.00. The highest BCUT2D eigenvalue weighted by atomic mass is 35.5. The van der Waals surface area contributed by atoms with Gasteiger partial charge in [-0.15, -0.1) is 0 Å². The molecule has 0 radical (unpaired) electrons. The average molecular weight is 309 g/mol. The standard InChI is InChI=1S/C12H9ClN4O4/c1-5-14-11(13)17-12(15-5)16-8-3-6(9(18)19)2-7(4-8)10(20)21/h2-4H,1H3,(H,18,19)(H,20,21)(H,14,15,16,17). The van der Waals surface area contributed by atoms with Gasteiger partial charge >= 0.3 is 11.9 Å². The highest BCUT2D eigenvalue weighted by Gasteiger charge is 2.12. The normalized spacial score (nSPS) is 10.2. The Morgan fingerprint density at radius 2 is 1.62 bits per heavy atom. The van der Waals surface area contributed by atoms with E-state index in [9.17, 15) is 9.59 Å². The van der Waals surface area contributed by atoms with Crippen LogP contribution >= 0.6 is 11.6 Å². The van der Waals surface area contributed by atoms with Crippen molar-refractivity contribution in [3.8, 4) is 0 Å². The number of anilines is 2. The lowest BCUT2D eigenvalue weighted by Crippen LogP contribution is -2.06. The summed E-state index contributed by atoms with van der Waals surface area (Å²) in [5, 5.41) is 20.6. The molecule has 0 fully saturated rings. The first-order chi connectivity index (χ1) is 9.85. The summed E-state index contributed by atoms with van der Waals surface area (Å²) in [5.41, 5.74) is -0.127. The number of carboxylic acid groups (broad SMARTS) is 2. The highest BCUT2D eigenvalue weighted by Crippen LogP contribution is 2.19. The van der Waals surface area contributed by atoms with Crippen LogP contribution in [0.15, 0.2) is 18.2 Å². The Bertz CT molecular complexity index is 683. The second kappa shape index (κ2) is 5.71. The van der Waals surface area contributed by atoms with Gasteiger partial charge in [0, 0.05) is 5.69 Å². The molecule has 3 N–H and O–H groups in total. The van der Waals surface area contributed by atoms with Crippen molar-refractivity contribution < 1.29 is 19.8 Å². The summed E-state index contributed by atoms with van der Waals surface area (Å²) in [4.78, 5) is 33.6. The van der Waals surface area contributed by atoms with Crippen molar-refractivity contribution in [3.05, 3.63) is 40.4 Å². The summed E-state index contributed by atoms with van der Waals surface area (Å²) in [6.07, 6.45) is 0. The molecule has 0 aliphatic rings. The number of aryl methyl sites for hydroxylation is 1. The van der Waals surface area contributed by atoms with Crippen molar-refractivity contribution in [1.82, 2.24) is 15.0 Å². The maximum absolute atomic E-state index is 11.0. The molecular weight excluding hydrogens is 300 g/mol. The summed E-state index contributed by atoms with van der Waals surface area (Å²) in [7, 11) is 0. The smallest absolute Gasteiger partial charge is 0.335 e. The number of aromatic carboxylic acids is 2. The van der Waals surface area contributed by atoms with Crippen molar-refractivity contribution in [2.24, 2.45) is 0 Å². The van der Waals surface area contributed by atoms with Crippen LogP contribution in [0.5, 0.6) is 0 Å². The number of nitrogens with one attached hydrogen (secondary N) is 1. The van der Waals surface area contributed by atoms with E-state index in [1.165, 1.54) is 12.1 Å². The Hall–Kier alpha value is -2.74. The molecule has 0 saturated carbocycles. The van der Waals surface area contributed by atoms with Crippen LogP contribution in [0.4, 0.5) is 11.6 Å². The van der Waals surface area contributed by atoms with Crippen LogP contribution in [0.25, 0.3) is 0 Å². The number of carbonyl (C=O) groups is 2. The van der Waals surface area contributed by atoms with Gasteiger partial charge in [0.15, 0.2) is 0 Å². The Kier molecular flexibility index (Phi) is 3.99. The largest absolute Gasteiger partial charge is 0.478 e. The van der Waals surface area contributed by atoms with Crippen LogP contribution in [0.3, 0.4) is 0 Å². The maximum atomic E-state index is 11.0. The van der Waals surface area contributed by atoms with Crippen molar-refractivity contribution in [3.63, 3.8) is 0 Å². The van der Waals surface area contributed by atoms with Gasteiger partial charge < -0.3 is 15.5 Å². The number of hydrogen-bond donors (Lipinski definition) is 3. The summed E-state index contributed by atoms with van der Waals surface area (Å²) in [5.74, 6) is -2.03. The van der Waals surface area contributed by atoms with Crippen LogP contribution in [0.2, 0.25) is 5.28 Å². The molecule has 1 aromatic heterocycles. The number of aromatic nitrogens is 3. The summed E-state index contributed by atoms with van der Waals surface area (Å²) >= 11 is 5.69. The topological polar surface area (TPSA) is 125 Å².